The lowest BCUT2D eigenvalue weighted by Crippen LogP contribution is -2.46. The molecule has 152 valence electrons. The van der Waals surface area contributed by atoms with Crippen molar-refractivity contribution >= 4 is 5.78 Å². The minimum absolute atomic E-state index is 0.0484. The van der Waals surface area contributed by atoms with E-state index in [4.69, 9.17) is 9.47 Å². The summed E-state index contributed by atoms with van der Waals surface area (Å²) in [6.45, 7) is 10.00. The maximum absolute atomic E-state index is 12.8. The van der Waals surface area contributed by atoms with Crippen LogP contribution in [0.3, 0.4) is 0 Å². The molecular formula is C23H36O4. The van der Waals surface area contributed by atoms with Gasteiger partial charge < -0.3 is 14.6 Å². The largest absolute Gasteiger partial charge is 0.393 e. The quantitative estimate of drug-likeness (QED) is 0.793. The minimum Gasteiger partial charge on any atom is -0.393 e. The Balaban J connectivity index is 1.51. The van der Waals surface area contributed by atoms with Crippen molar-refractivity contribution in [3.05, 3.63) is 11.1 Å². The summed E-state index contributed by atoms with van der Waals surface area (Å²) in [7, 11) is 0. The molecular weight excluding hydrogens is 340 g/mol. The zero-order chi connectivity index (χ0) is 19.4. The molecule has 4 heteroatoms. The third-order valence-electron chi connectivity index (χ3n) is 8.00. The number of ketones is 1. The van der Waals surface area contributed by atoms with E-state index in [0.29, 0.717) is 37.3 Å². The van der Waals surface area contributed by atoms with Crippen LogP contribution in [-0.2, 0) is 14.3 Å². The molecule has 0 aromatic carbocycles. The van der Waals surface area contributed by atoms with E-state index in [2.05, 4.69) is 20.8 Å². The number of carbonyl (C=O) groups excluding carboxylic acids is 1. The van der Waals surface area contributed by atoms with Crippen LogP contribution in [0.1, 0.15) is 79.1 Å². The van der Waals surface area contributed by atoms with Gasteiger partial charge in [-0.15, -0.1) is 0 Å². The Morgan fingerprint density at radius 1 is 1.04 bits per heavy atom. The monoisotopic (exact) mass is 376 g/mol. The first-order valence-electron chi connectivity index (χ1n) is 10.8. The first kappa shape index (κ1) is 19.6. The first-order valence-corrected chi connectivity index (χ1v) is 10.8. The molecule has 4 aliphatic rings. The number of rotatable bonds is 3. The lowest BCUT2D eigenvalue weighted by atomic mass is 9.58. The van der Waals surface area contributed by atoms with E-state index in [0.717, 1.165) is 50.5 Å². The number of carbonyl (C=O) groups is 1. The van der Waals surface area contributed by atoms with Gasteiger partial charge in [0.1, 0.15) is 0 Å². The van der Waals surface area contributed by atoms with Crippen molar-refractivity contribution in [3.8, 4) is 0 Å². The summed E-state index contributed by atoms with van der Waals surface area (Å²) in [5, 5.41) is 10.5. The molecule has 4 atom stereocenters. The Morgan fingerprint density at radius 3 is 2.44 bits per heavy atom. The summed E-state index contributed by atoms with van der Waals surface area (Å²) in [6, 6.07) is 0. The zero-order valence-corrected chi connectivity index (χ0v) is 17.5. The van der Waals surface area contributed by atoms with Crippen LogP contribution in [0.5, 0.6) is 0 Å². The summed E-state index contributed by atoms with van der Waals surface area (Å²) in [4.78, 5) is 12.8. The molecule has 1 heterocycles. The summed E-state index contributed by atoms with van der Waals surface area (Å²) in [5.74, 6) is 0.790. The minimum atomic E-state index is -0.580. The molecule has 0 bridgehead atoms. The number of allylic oxidation sites excluding steroid dienone is 2. The third kappa shape index (κ3) is 3.42. The van der Waals surface area contributed by atoms with Gasteiger partial charge in [-0.25, -0.2) is 0 Å². The van der Waals surface area contributed by atoms with Crippen molar-refractivity contribution in [2.75, 3.05) is 13.2 Å². The smallest absolute Gasteiger partial charge is 0.165 e. The third-order valence-corrected chi connectivity index (χ3v) is 8.00. The van der Waals surface area contributed by atoms with Crippen LogP contribution in [0.15, 0.2) is 11.1 Å². The molecule has 0 aromatic heterocycles. The lowest BCUT2D eigenvalue weighted by molar-refractivity contribution is -0.291. The molecule has 3 aliphatic carbocycles. The normalized spacial score (nSPS) is 40.6. The standard InChI is InChI=1S/C23H36O4/c1-21(2)13-26-23(4,27-14-21)12-10-17-15-9-11-22(3)18(6-8-20(22)25)16(15)5-7-19(17)24/h16,18,20,25H,5-14H2,1-4H3. The molecule has 1 N–H and O–H groups in total. The highest BCUT2D eigenvalue weighted by atomic mass is 16.7. The van der Waals surface area contributed by atoms with Crippen LogP contribution in [0, 0.1) is 22.7 Å². The Bertz CT molecular complexity index is 639. The molecule has 0 amide bonds. The molecule has 3 fully saturated rings. The van der Waals surface area contributed by atoms with E-state index in [1.165, 1.54) is 5.57 Å². The Labute approximate surface area is 163 Å². The molecule has 1 aliphatic heterocycles. The maximum Gasteiger partial charge on any atom is 0.165 e. The molecule has 0 radical (unpaired) electrons. The van der Waals surface area contributed by atoms with Crippen LogP contribution >= 0.6 is 0 Å². The van der Waals surface area contributed by atoms with E-state index >= 15 is 0 Å². The highest BCUT2D eigenvalue weighted by molar-refractivity contribution is 5.97. The first-order chi connectivity index (χ1) is 12.6. The fourth-order valence-electron chi connectivity index (χ4n) is 6.03. The SMILES string of the molecule is CC1(C)COC(C)(CCC2=C3CCC4(C)C(O)CCC4C3CCC2=O)OC1. The Kier molecular flexibility index (Phi) is 4.84. The van der Waals surface area contributed by atoms with Crippen molar-refractivity contribution in [1.82, 2.24) is 0 Å². The highest BCUT2D eigenvalue weighted by Crippen LogP contribution is 2.58. The molecule has 0 spiro atoms. The number of hydrogen-bond donors (Lipinski definition) is 1. The number of hydrogen-bond acceptors (Lipinski definition) is 4. The van der Waals surface area contributed by atoms with Crippen molar-refractivity contribution in [3.63, 3.8) is 0 Å². The fourth-order valence-corrected chi connectivity index (χ4v) is 6.03. The van der Waals surface area contributed by atoms with Gasteiger partial charge in [0.15, 0.2) is 11.6 Å². The van der Waals surface area contributed by atoms with Gasteiger partial charge in [0.25, 0.3) is 0 Å². The summed E-state index contributed by atoms with van der Waals surface area (Å²) in [5.41, 5.74) is 2.58. The fraction of sp³-hybridized carbons (Fsp3) is 0.870. The Morgan fingerprint density at radius 2 is 1.74 bits per heavy atom. The molecule has 0 aromatic rings. The summed E-state index contributed by atoms with van der Waals surface area (Å²) < 4.78 is 12.1. The number of ether oxygens (including phenoxy) is 2. The lowest BCUT2D eigenvalue weighted by Gasteiger charge is -2.47. The molecule has 2 saturated carbocycles. The number of Topliss-reactive ketones (excluding diaryl/α,β-unsaturated/α-hetero) is 1. The van der Waals surface area contributed by atoms with E-state index in [1.54, 1.807) is 0 Å². The maximum atomic E-state index is 12.8. The summed E-state index contributed by atoms with van der Waals surface area (Å²) in [6.07, 6.45) is 6.98. The van der Waals surface area contributed by atoms with Crippen molar-refractivity contribution < 1.29 is 19.4 Å². The number of aliphatic hydroxyl groups is 1. The average Bonchev–Trinajstić information content (AvgIpc) is 2.93. The van der Waals surface area contributed by atoms with Gasteiger partial charge in [-0.3, -0.25) is 4.79 Å². The van der Waals surface area contributed by atoms with Gasteiger partial charge in [-0.2, -0.15) is 0 Å². The number of fused-ring (bicyclic) bond motifs is 3. The van der Waals surface area contributed by atoms with Crippen molar-refractivity contribution in [1.29, 1.82) is 0 Å². The van der Waals surface area contributed by atoms with Crippen LogP contribution in [0.4, 0.5) is 0 Å². The second kappa shape index (κ2) is 6.67. The van der Waals surface area contributed by atoms with E-state index in [9.17, 15) is 9.90 Å². The van der Waals surface area contributed by atoms with Gasteiger partial charge in [0.05, 0.1) is 19.3 Å². The van der Waals surface area contributed by atoms with Crippen LogP contribution in [0.2, 0.25) is 0 Å². The second-order valence-electron chi connectivity index (χ2n) is 10.7. The van der Waals surface area contributed by atoms with Crippen molar-refractivity contribution in [2.45, 2.75) is 91.0 Å². The van der Waals surface area contributed by atoms with Gasteiger partial charge >= 0.3 is 0 Å². The van der Waals surface area contributed by atoms with Gasteiger partial charge in [0.2, 0.25) is 0 Å². The molecule has 4 nitrogen and oxygen atoms in total. The Hall–Kier alpha value is -0.710. The van der Waals surface area contributed by atoms with Gasteiger partial charge in [0, 0.05) is 18.3 Å². The van der Waals surface area contributed by atoms with Gasteiger partial charge in [-0.05, 0) is 68.3 Å². The van der Waals surface area contributed by atoms with Crippen LogP contribution < -0.4 is 0 Å². The van der Waals surface area contributed by atoms with E-state index < -0.39 is 5.79 Å². The van der Waals surface area contributed by atoms with Crippen LogP contribution in [-0.4, -0.2) is 36.0 Å². The van der Waals surface area contributed by atoms with E-state index in [1.807, 2.05) is 6.92 Å². The van der Waals surface area contributed by atoms with E-state index in [-0.39, 0.29) is 16.9 Å². The second-order valence-corrected chi connectivity index (χ2v) is 10.7. The molecule has 27 heavy (non-hydrogen) atoms. The predicted molar refractivity (Wildman–Crippen MR) is 104 cm³/mol. The molecule has 1 saturated heterocycles. The highest BCUT2D eigenvalue weighted by Gasteiger charge is 2.53. The van der Waals surface area contributed by atoms with Gasteiger partial charge in [-0.1, -0.05) is 26.3 Å². The molecule has 4 rings (SSSR count). The average molecular weight is 377 g/mol. The predicted octanol–water partition coefficient (Wildman–Crippen LogP) is 4.40. The zero-order valence-electron chi connectivity index (χ0n) is 17.5. The van der Waals surface area contributed by atoms with Crippen molar-refractivity contribution in [2.24, 2.45) is 22.7 Å². The summed E-state index contributed by atoms with van der Waals surface area (Å²) >= 11 is 0. The molecule has 4 unspecified atom stereocenters. The topological polar surface area (TPSA) is 55.8 Å². The van der Waals surface area contributed by atoms with Crippen LogP contribution in [0.25, 0.3) is 0 Å². The number of aliphatic hydroxyl groups excluding tert-OH is 1.